The van der Waals surface area contributed by atoms with Crippen molar-refractivity contribution in [3.05, 3.63) is 27.7 Å². The van der Waals surface area contributed by atoms with Gasteiger partial charge in [-0.1, -0.05) is 30.1 Å². The maximum atomic E-state index is 12.5. The first-order chi connectivity index (χ1) is 10.5. The molecule has 1 aromatic carbocycles. The van der Waals surface area contributed by atoms with E-state index >= 15 is 0 Å². The van der Waals surface area contributed by atoms with E-state index in [0.717, 1.165) is 12.3 Å². The maximum Gasteiger partial charge on any atom is 0.189 e. The molecule has 0 radical (unpaired) electrons. The number of nitrogens with zero attached hydrogens (tertiary/aromatic N) is 1. The fourth-order valence-electron chi connectivity index (χ4n) is 2.18. The van der Waals surface area contributed by atoms with Crippen LogP contribution in [0.15, 0.2) is 17.0 Å². The van der Waals surface area contributed by atoms with Crippen LogP contribution in [0.2, 0.25) is 10.0 Å². The normalized spacial score (nSPS) is 17.2. The molecule has 0 bridgehead atoms. The molecule has 0 amide bonds. The summed E-state index contributed by atoms with van der Waals surface area (Å²) in [7, 11) is -3.61. The van der Waals surface area contributed by atoms with Crippen LogP contribution in [0, 0.1) is 22.7 Å². The number of carbonyl (C=O) groups is 2. The molecule has 0 heterocycles. The Labute approximate surface area is 144 Å². The zero-order chi connectivity index (χ0) is 17.6. The van der Waals surface area contributed by atoms with Gasteiger partial charge >= 0.3 is 0 Å². The zero-order valence-corrected chi connectivity index (χ0v) is 14.7. The summed E-state index contributed by atoms with van der Waals surface area (Å²) >= 11 is 11.9. The standard InChI is InChI=1S/C15H13Cl2NO4S/c1-15(5-6-15)14(20)9(7-18)13(19)8-3-4-10(23(2,21)22)12(17)11(8)16/h3-4,9H,5-6H2,1-2H3. The number of ketones is 2. The second-order valence-corrected chi connectivity index (χ2v) is 8.60. The summed E-state index contributed by atoms with van der Waals surface area (Å²) in [4.78, 5) is 24.6. The average Bonchev–Trinajstić information content (AvgIpc) is 3.20. The molecular weight excluding hydrogens is 361 g/mol. The van der Waals surface area contributed by atoms with Crippen LogP contribution in [0.5, 0.6) is 0 Å². The molecule has 1 aliphatic carbocycles. The summed E-state index contributed by atoms with van der Waals surface area (Å²) in [5.41, 5.74) is -0.771. The first-order valence-corrected chi connectivity index (χ1v) is 9.34. The molecule has 1 aliphatic rings. The van der Waals surface area contributed by atoms with E-state index in [4.69, 9.17) is 23.2 Å². The summed E-state index contributed by atoms with van der Waals surface area (Å²) in [6, 6.07) is 4.05. The third-order valence-electron chi connectivity index (χ3n) is 3.96. The molecule has 0 aromatic heterocycles. The number of carbonyl (C=O) groups excluding carboxylic acids is 2. The van der Waals surface area contributed by atoms with Gasteiger partial charge in [-0.15, -0.1) is 0 Å². The van der Waals surface area contributed by atoms with Crippen molar-refractivity contribution in [1.29, 1.82) is 5.26 Å². The highest BCUT2D eigenvalue weighted by Crippen LogP contribution is 2.48. The lowest BCUT2D eigenvalue weighted by Gasteiger charge is -2.14. The molecule has 0 spiro atoms. The third-order valence-corrected chi connectivity index (χ3v) is 6.09. The van der Waals surface area contributed by atoms with Crippen molar-refractivity contribution in [3.63, 3.8) is 0 Å². The Hall–Kier alpha value is -1.42. The molecule has 5 nitrogen and oxygen atoms in total. The van der Waals surface area contributed by atoms with Gasteiger partial charge in [0.15, 0.2) is 27.3 Å². The van der Waals surface area contributed by atoms with Crippen LogP contribution < -0.4 is 0 Å². The molecule has 0 N–H and O–H groups in total. The average molecular weight is 374 g/mol. The molecule has 8 heteroatoms. The summed E-state index contributed by atoms with van der Waals surface area (Å²) in [5.74, 6) is -2.68. The Bertz CT molecular complexity index is 851. The lowest BCUT2D eigenvalue weighted by molar-refractivity contribution is -0.124. The van der Waals surface area contributed by atoms with Crippen molar-refractivity contribution < 1.29 is 18.0 Å². The molecule has 2 rings (SSSR count). The molecule has 1 atom stereocenters. The number of rotatable bonds is 5. The van der Waals surface area contributed by atoms with E-state index in [2.05, 4.69) is 0 Å². The van der Waals surface area contributed by atoms with E-state index in [9.17, 15) is 23.3 Å². The van der Waals surface area contributed by atoms with Gasteiger partial charge in [0.05, 0.1) is 21.0 Å². The first-order valence-electron chi connectivity index (χ1n) is 6.69. The second-order valence-electron chi connectivity index (χ2n) is 5.86. The van der Waals surface area contributed by atoms with Gasteiger partial charge in [-0.25, -0.2) is 8.42 Å². The Balaban J connectivity index is 2.46. The molecule has 0 aliphatic heterocycles. The summed E-state index contributed by atoms with van der Waals surface area (Å²) in [5, 5.41) is 8.64. The number of benzene rings is 1. The number of sulfone groups is 1. The SMILES string of the molecule is CC1(C(=O)C(C#N)C(=O)c2ccc(S(C)(=O)=O)c(Cl)c2Cl)CC1. The monoisotopic (exact) mass is 373 g/mol. The Kier molecular flexibility index (Phi) is 4.60. The van der Waals surface area contributed by atoms with Crippen LogP contribution in [-0.2, 0) is 14.6 Å². The number of halogens is 2. The van der Waals surface area contributed by atoms with Crippen LogP contribution in [0.1, 0.15) is 30.1 Å². The van der Waals surface area contributed by atoms with Gasteiger partial charge < -0.3 is 0 Å². The summed E-state index contributed by atoms with van der Waals surface area (Å²) < 4.78 is 23.2. The molecule has 1 saturated carbocycles. The lowest BCUT2D eigenvalue weighted by atomic mass is 9.87. The highest BCUT2D eigenvalue weighted by atomic mass is 35.5. The number of hydrogen-bond acceptors (Lipinski definition) is 5. The van der Waals surface area contributed by atoms with Crippen molar-refractivity contribution in [1.82, 2.24) is 0 Å². The Morgan fingerprint density at radius 3 is 2.26 bits per heavy atom. The minimum atomic E-state index is -3.61. The van der Waals surface area contributed by atoms with Gasteiger partial charge in [0.2, 0.25) is 0 Å². The van der Waals surface area contributed by atoms with Gasteiger partial charge in [-0.2, -0.15) is 5.26 Å². The van der Waals surface area contributed by atoms with Crippen LogP contribution in [-0.4, -0.2) is 26.2 Å². The van der Waals surface area contributed by atoms with Gasteiger partial charge in [0.25, 0.3) is 0 Å². The lowest BCUT2D eigenvalue weighted by Crippen LogP contribution is -2.29. The quantitative estimate of drug-likeness (QED) is 0.583. The Morgan fingerprint density at radius 2 is 1.83 bits per heavy atom. The van der Waals surface area contributed by atoms with E-state index < -0.39 is 32.7 Å². The largest absolute Gasteiger partial charge is 0.297 e. The topological polar surface area (TPSA) is 92.1 Å². The zero-order valence-electron chi connectivity index (χ0n) is 12.4. The fraction of sp³-hybridized carbons (Fsp3) is 0.400. The van der Waals surface area contributed by atoms with Gasteiger partial charge in [-0.3, -0.25) is 9.59 Å². The smallest absolute Gasteiger partial charge is 0.189 e. The maximum absolute atomic E-state index is 12.5. The van der Waals surface area contributed by atoms with Gasteiger partial charge in [0.1, 0.15) is 0 Å². The summed E-state index contributed by atoms with van der Waals surface area (Å²) in [6.07, 6.45) is 2.24. The van der Waals surface area contributed by atoms with E-state index in [1.54, 1.807) is 13.0 Å². The van der Waals surface area contributed by atoms with E-state index in [1.807, 2.05) is 0 Å². The van der Waals surface area contributed by atoms with Crippen LogP contribution in [0.25, 0.3) is 0 Å². The van der Waals surface area contributed by atoms with E-state index in [-0.39, 0.29) is 20.5 Å². The molecule has 0 saturated heterocycles. The van der Waals surface area contributed by atoms with Gasteiger partial charge in [-0.05, 0) is 25.0 Å². The van der Waals surface area contributed by atoms with Crippen LogP contribution in [0.3, 0.4) is 0 Å². The second kappa shape index (κ2) is 5.90. The van der Waals surface area contributed by atoms with Crippen LogP contribution >= 0.6 is 23.2 Å². The van der Waals surface area contributed by atoms with Crippen molar-refractivity contribution in [3.8, 4) is 6.07 Å². The number of Topliss-reactive ketones (excluding diaryl/α,β-unsaturated/α-hetero) is 2. The number of nitriles is 1. The predicted molar refractivity (Wildman–Crippen MR) is 85.4 cm³/mol. The molecule has 1 fully saturated rings. The minimum Gasteiger partial charge on any atom is -0.297 e. The number of hydrogen-bond donors (Lipinski definition) is 0. The van der Waals surface area contributed by atoms with Crippen molar-refractivity contribution in [2.45, 2.75) is 24.7 Å². The first kappa shape index (κ1) is 17.9. The van der Waals surface area contributed by atoms with Crippen molar-refractivity contribution in [2.75, 3.05) is 6.26 Å². The molecular formula is C15H13Cl2NO4S. The highest BCUT2D eigenvalue weighted by Gasteiger charge is 2.49. The summed E-state index contributed by atoms with van der Waals surface area (Å²) in [6.45, 7) is 1.70. The van der Waals surface area contributed by atoms with Crippen LogP contribution in [0.4, 0.5) is 0 Å². The minimum absolute atomic E-state index is 0.131. The third kappa shape index (κ3) is 3.27. The van der Waals surface area contributed by atoms with Gasteiger partial charge in [0, 0.05) is 17.2 Å². The molecule has 1 aromatic rings. The Morgan fingerprint density at radius 1 is 1.26 bits per heavy atom. The predicted octanol–water partition coefficient (Wildman–Crippen LogP) is 3.09. The molecule has 23 heavy (non-hydrogen) atoms. The molecule has 1 unspecified atom stereocenters. The van der Waals surface area contributed by atoms with Crippen molar-refractivity contribution >= 4 is 44.6 Å². The highest BCUT2D eigenvalue weighted by molar-refractivity contribution is 7.90. The van der Waals surface area contributed by atoms with E-state index in [1.165, 1.54) is 6.07 Å². The fourth-order valence-corrected chi connectivity index (χ4v) is 3.82. The van der Waals surface area contributed by atoms with E-state index in [0.29, 0.717) is 12.8 Å². The molecule has 122 valence electrons. The van der Waals surface area contributed by atoms with Crippen molar-refractivity contribution in [2.24, 2.45) is 11.3 Å².